The van der Waals surface area contributed by atoms with Crippen molar-refractivity contribution in [2.75, 3.05) is 10.2 Å². The van der Waals surface area contributed by atoms with Crippen molar-refractivity contribution in [1.82, 2.24) is 0 Å². The number of anilines is 2. The smallest absolute Gasteiger partial charge is 0.282 e. The topological polar surface area (TPSA) is 49.4 Å². The molecule has 30 heavy (non-hydrogen) atoms. The number of benzene rings is 3. The quantitative estimate of drug-likeness (QED) is 0.567. The summed E-state index contributed by atoms with van der Waals surface area (Å²) >= 11 is 6.04. The number of rotatable bonds is 4. The molecule has 6 heteroatoms. The van der Waals surface area contributed by atoms with E-state index in [1.807, 2.05) is 26.0 Å². The minimum Gasteiger partial charge on any atom is -0.350 e. The third kappa shape index (κ3) is 3.60. The molecule has 1 aliphatic heterocycles. The number of hydrogen-bond acceptors (Lipinski definition) is 3. The second kappa shape index (κ2) is 7.76. The van der Waals surface area contributed by atoms with Crippen LogP contribution < -0.4 is 10.2 Å². The Hall–Kier alpha value is -3.44. The van der Waals surface area contributed by atoms with Crippen LogP contribution >= 0.6 is 11.6 Å². The van der Waals surface area contributed by atoms with Gasteiger partial charge in [0.25, 0.3) is 11.8 Å². The van der Waals surface area contributed by atoms with Gasteiger partial charge in [0.1, 0.15) is 11.5 Å². The number of amides is 2. The summed E-state index contributed by atoms with van der Waals surface area (Å²) in [4.78, 5) is 27.8. The van der Waals surface area contributed by atoms with Gasteiger partial charge >= 0.3 is 0 Å². The summed E-state index contributed by atoms with van der Waals surface area (Å²) in [5, 5.41) is 3.68. The summed E-state index contributed by atoms with van der Waals surface area (Å²) in [6.45, 7) is 3.78. The van der Waals surface area contributed by atoms with E-state index in [9.17, 15) is 14.0 Å². The maximum Gasteiger partial charge on any atom is 0.282 e. The first kappa shape index (κ1) is 19.9. The van der Waals surface area contributed by atoms with Crippen LogP contribution in [0.5, 0.6) is 0 Å². The van der Waals surface area contributed by atoms with Gasteiger partial charge in [0.15, 0.2) is 0 Å². The second-order valence-corrected chi connectivity index (χ2v) is 7.56. The third-order valence-corrected chi connectivity index (χ3v) is 5.19. The molecular weight excluding hydrogens is 403 g/mol. The van der Waals surface area contributed by atoms with Crippen molar-refractivity contribution in [3.63, 3.8) is 0 Å². The zero-order valence-corrected chi connectivity index (χ0v) is 17.1. The Morgan fingerprint density at radius 3 is 2.17 bits per heavy atom. The Morgan fingerprint density at radius 2 is 1.53 bits per heavy atom. The molecule has 2 amide bonds. The van der Waals surface area contributed by atoms with Gasteiger partial charge in [-0.2, -0.15) is 0 Å². The number of nitrogens with zero attached hydrogens (tertiary/aromatic N) is 1. The van der Waals surface area contributed by atoms with Gasteiger partial charge in [0.05, 0.1) is 11.3 Å². The van der Waals surface area contributed by atoms with Crippen molar-refractivity contribution in [1.29, 1.82) is 0 Å². The predicted molar refractivity (Wildman–Crippen MR) is 117 cm³/mol. The Bertz CT molecular complexity index is 1180. The standard InChI is InChI=1S/C24H18ClFN2O2/c1-14-3-10-19(11-4-14)28-23(29)21(16-5-8-18(26)9-6-16)22(24(28)30)27-20-12-7-17(25)13-15(20)2/h3-13,27H,1-2H3. The van der Waals surface area contributed by atoms with Gasteiger partial charge in [-0.3, -0.25) is 9.59 Å². The molecule has 1 N–H and O–H groups in total. The molecule has 3 aromatic carbocycles. The lowest BCUT2D eigenvalue weighted by Gasteiger charge is -2.16. The Balaban J connectivity index is 1.83. The fourth-order valence-electron chi connectivity index (χ4n) is 3.36. The van der Waals surface area contributed by atoms with E-state index in [0.717, 1.165) is 16.0 Å². The van der Waals surface area contributed by atoms with Gasteiger partial charge in [0, 0.05) is 10.7 Å². The number of nitrogens with one attached hydrogen (secondary N) is 1. The second-order valence-electron chi connectivity index (χ2n) is 7.12. The highest BCUT2D eigenvalue weighted by molar-refractivity contribution is 6.46. The van der Waals surface area contributed by atoms with Crippen LogP contribution in [0.15, 0.2) is 72.4 Å². The SMILES string of the molecule is Cc1ccc(N2C(=O)C(Nc3ccc(Cl)cc3C)=C(c3ccc(F)cc3)C2=O)cc1. The molecule has 150 valence electrons. The molecule has 0 bridgehead atoms. The minimum atomic E-state index is -0.475. The van der Waals surface area contributed by atoms with Crippen LogP contribution in [0.2, 0.25) is 5.02 Å². The van der Waals surface area contributed by atoms with Gasteiger partial charge in [-0.15, -0.1) is 0 Å². The van der Waals surface area contributed by atoms with Gasteiger partial charge in [0.2, 0.25) is 0 Å². The molecule has 0 atom stereocenters. The van der Waals surface area contributed by atoms with E-state index >= 15 is 0 Å². The lowest BCUT2D eigenvalue weighted by atomic mass is 10.0. The maximum absolute atomic E-state index is 13.5. The molecule has 0 fully saturated rings. The summed E-state index contributed by atoms with van der Waals surface area (Å²) in [5.74, 6) is -1.36. The molecule has 0 radical (unpaired) electrons. The first-order chi connectivity index (χ1) is 14.3. The Labute approximate surface area is 178 Å². The molecule has 0 aliphatic carbocycles. The highest BCUT2D eigenvalue weighted by Crippen LogP contribution is 2.34. The average Bonchev–Trinajstić information content (AvgIpc) is 2.95. The third-order valence-electron chi connectivity index (χ3n) is 4.96. The first-order valence-electron chi connectivity index (χ1n) is 9.34. The van der Waals surface area contributed by atoms with Crippen molar-refractivity contribution in [3.05, 3.63) is 100.0 Å². The fourth-order valence-corrected chi connectivity index (χ4v) is 3.59. The molecule has 4 rings (SSSR count). The van der Waals surface area contributed by atoms with Gasteiger partial charge < -0.3 is 5.32 Å². The summed E-state index contributed by atoms with van der Waals surface area (Å²) in [6.07, 6.45) is 0. The lowest BCUT2D eigenvalue weighted by Crippen LogP contribution is -2.32. The van der Waals surface area contributed by atoms with E-state index in [1.165, 1.54) is 24.3 Å². The van der Waals surface area contributed by atoms with E-state index in [1.54, 1.807) is 30.3 Å². The monoisotopic (exact) mass is 420 g/mol. The number of halogens is 2. The molecule has 0 saturated carbocycles. The van der Waals surface area contributed by atoms with E-state index in [0.29, 0.717) is 22.0 Å². The zero-order chi connectivity index (χ0) is 21.4. The zero-order valence-electron chi connectivity index (χ0n) is 16.4. The van der Waals surface area contributed by atoms with Crippen LogP contribution in [-0.4, -0.2) is 11.8 Å². The molecule has 0 aromatic heterocycles. The first-order valence-corrected chi connectivity index (χ1v) is 9.72. The molecule has 3 aromatic rings. The van der Waals surface area contributed by atoms with Crippen LogP contribution in [0.3, 0.4) is 0 Å². The molecule has 0 spiro atoms. The number of aryl methyl sites for hydroxylation is 2. The molecule has 0 unspecified atom stereocenters. The van der Waals surface area contributed by atoms with Crippen LogP contribution in [0.1, 0.15) is 16.7 Å². The average molecular weight is 421 g/mol. The normalized spacial score (nSPS) is 13.9. The highest BCUT2D eigenvalue weighted by atomic mass is 35.5. The fraction of sp³-hybridized carbons (Fsp3) is 0.0833. The molecule has 0 saturated heterocycles. The minimum absolute atomic E-state index is 0.137. The maximum atomic E-state index is 13.5. The van der Waals surface area contributed by atoms with E-state index < -0.39 is 17.6 Å². The lowest BCUT2D eigenvalue weighted by molar-refractivity contribution is -0.120. The summed E-state index contributed by atoms with van der Waals surface area (Å²) in [6, 6.07) is 17.8. The molecule has 1 heterocycles. The van der Waals surface area contributed by atoms with Gasteiger partial charge in [-0.25, -0.2) is 9.29 Å². The summed E-state index contributed by atoms with van der Waals surface area (Å²) in [7, 11) is 0. The summed E-state index contributed by atoms with van der Waals surface area (Å²) in [5.41, 5.74) is 3.74. The van der Waals surface area contributed by atoms with Crippen molar-refractivity contribution >= 4 is 40.4 Å². The largest absolute Gasteiger partial charge is 0.350 e. The van der Waals surface area contributed by atoms with Crippen LogP contribution in [0, 0.1) is 19.7 Å². The Kier molecular flexibility index (Phi) is 5.14. The van der Waals surface area contributed by atoms with Gasteiger partial charge in [-0.05, 0) is 67.4 Å². The molecule has 1 aliphatic rings. The van der Waals surface area contributed by atoms with E-state index in [-0.39, 0.29) is 11.3 Å². The molecule has 4 nitrogen and oxygen atoms in total. The van der Waals surface area contributed by atoms with Crippen LogP contribution in [0.4, 0.5) is 15.8 Å². The van der Waals surface area contributed by atoms with Crippen LogP contribution in [0.25, 0.3) is 5.57 Å². The van der Waals surface area contributed by atoms with Crippen molar-refractivity contribution in [3.8, 4) is 0 Å². The van der Waals surface area contributed by atoms with Crippen molar-refractivity contribution in [2.24, 2.45) is 0 Å². The van der Waals surface area contributed by atoms with Crippen LogP contribution in [-0.2, 0) is 9.59 Å². The Morgan fingerprint density at radius 1 is 0.867 bits per heavy atom. The predicted octanol–water partition coefficient (Wildman–Crippen LogP) is 5.49. The molecular formula is C24H18ClFN2O2. The highest BCUT2D eigenvalue weighted by Gasteiger charge is 2.40. The van der Waals surface area contributed by atoms with E-state index in [4.69, 9.17) is 11.6 Å². The number of hydrogen-bond donors (Lipinski definition) is 1. The van der Waals surface area contributed by atoms with Crippen molar-refractivity contribution in [2.45, 2.75) is 13.8 Å². The number of carbonyl (C=O) groups excluding carboxylic acids is 2. The number of carbonyl (C=O) groups is 2. The number of imide groups is 1. The van der Waals surface area contributed by atoms with Crippen molar-refractivity contribution < 1.29 is 14.0 Å². The summed E-state index contributed by atoms with van der Waals surface area (Å²) < 4.78 is 13.5. The van der Waals surface area contributed by atoms with E-state index in [2.05, 4.69) is 5.32 Å². The van der Waals surface area contributed by atoms with Gasteiger partial charge in [-0.1, -0.05) is 41.4 Å².